The number of hydrogen-bond acceptors (Lipinski definition) is 4. The fourth-order valence-electron chi connectivity index (χ4n) is 1.71. The van der Waals surface area contributed by atoms with Crippen molar-refractivity contribution in [2.75, 3.05) is 0 Å². The monoisotopic (exact) mass is 307 g/mol. The lowest BCUT2D eigenvalue weighted by molar-refractivity contribution is 0.289. The molecule has 6 heteroatoms. The van der Waals surface area contributed by atoms with Crippen LogP contribution in [0.15, 0.2) is 24.3 Å². The molecule has 0 saturated heterocycles. The molecule has 0 spiro atoms. The predicted molar refractivity (Wildman–Crippen MR) is 83.2 cm³/mol. The molecule has 2 N–H and O–H groups in total. The van der Waals surface area contributed by atoms with E-state index in [9.17, 15) is 0 Å². The van der Waals surface area contributed by atoms with Gasteiger partial charge in [0.25, 0.3) is 0 Å². The highest BCUT2D eigenvalue weighted by Crippen LogP contribution is 2.21. The molecule has 0 radical (unpaired) electrons. The topological polar surface area (TPSA) is 61.0 Å². The van der Waals surface area contributed by atoms with Crippen LogP contribution in [0.3, 0.4) is 0 Å². The third kappa shape index (κ3) is 3.23. The van der Waals surface area contributed by atoms with E-state index < -0.39 is 0 Å². The van der Waals surface area contributed by atoms with E-state index in [1.54, 1.807) is 12.1 Å². The summed E-state index contributed by atoms with van der Waals surface area (Å²) in [6.45, 7) is 4.10. The number of benzene rings is 1. The smallest absolute Gasteiger partial charge is 0.244 e. The average molecular weight is 308 g/mol. The van der Waals surface area contributed by atoms with Gasteiger partial charge >= 0.3 is 0 Å². The quantitative estimate of drug-likeness (QED) is 0.880. The lowest BCUT2D eigenvalue weighted by atomic mass is 10.1. The molecule has 20 heavy (non-hydrogen) atoms. The van der Waals surface area contributed by atoms with Gasteiger partial charge in [0, 0.05) is 5.02 Å². The van der Waals surface area contributed by atoms with Gasteiger partial charge in [0.1, 0.15) is 11.6 Å². The zero-order valence-electron chi connectivity index (χ0n) is 11.2. The first kappa shape index (κ1) is 14.7. The minimum Gasteiger partial charge on any atom is -0.471 e. The van der Waals surface area contributed by atoms with Crippen LogP contribution in [0.5, 0.6) is 5.88 Å². The molecule has 0 unspecified atom stereocenters. The standard InChI is InChI=1S/C14H14ClN3OS/c1-8-9(2)17-18-14(12(8)13(16)20)19-7-10-3-5-11(15)6-4-10/h3-6H,7H2,1-2H3,(H2,16,20). The summed E-state index contributed by atoms with van der Waals surface area (Å²) in [6.07, 6.45) is 0. The van der Waals surface area contributed by atoms with Crippen LogP contribution in [0.1, 0.15) is 22.4 Å². The van der Waals surface area contributed by atoms with Crippen molar-refractivity contribution in [3.8, 4) is 5.88 Å². The zero-order chi connectivity index (χ0) is 14.7. The number of nitrogens with two attached hydrogens (primary N) is 1. The summed E-state index contributed by atoms with van der Waals surface area (Å²) in [7, 11) is 0. The Labute approximate surface area is 127 Å². The van der Waals surface area contributed by atoms with Crippen molar-refractivity contribution < 1.29 is 4.74 Å². The highest BCUT2D eigenvalue weighted by atomic mass is 35.5. The van der Waals surface area contributed by atoms with Crippen LogP contribution in [0.2, 0.25) is 5.02 Å². The maximum atomic E-state index is 5.84. The first-order valence-electron chi connectivity index (χ1n) is 6.00. The van der Waals surface area contributed by atoms with E-state index in [4.69, 9.17) is 34.3 Å². The fourth-order valence-corrected chi connectivity index (χ4v) is 2.08. The lowest BCUT2D eigenvalue weighted by Crippen LogP contribution is -2.16. The largest absolute Gasteiger partial charge is 0.471 e. The molecule has 1 heterocycles. The van der Waals surface area contributed by atoms with E-state index in [2.05, 4.69) is 10.2 Å². The summed E-state index contributed by atoms with van der Waals surface area (Å²) < 4.78 is 5.68. The van der Waals surface area contributed by atoms with Gasteiger partial charge < -0.3 is 10.5 Å². The summed E-state index contributed by atoms with van der Waals surface area (Å²) in [4.78, 5) is 0.256. The van der Waals surface area contributed by atoms with Gasteiger partial charge in [-0.2, -0.15) is 5.10 Å². The van der Waals surface area contributed by atoms with Gasteiger partial charge in [-0.15, -0.1) is 5.10 Å². The summed E-state index contributed by atoms with van der Waals surface area (Å²) in [5.74, 6) is 0.357. The van der Waals surface area contributed by atoms with E-state index >= 15 is 0 Å². The van der Waals surface area contributed by atoms with Gasteiger partial charge in [-0.25, -0.2) is 0 Å². The maximum Gasteiger partial charge on any atom is 0.244 e. The molecule has 104 valence electrons. The number of aryl methyl sites for hydroxylation is 1. The normalized spacial score (nSPS) is 10.3. The van der Waals surface area contributed by atoms with Crippen LogP contribution < -0.4 is 10.5 Å². The predicted octanol–water partition coefficient (Wildman–Crippen LogP) is 2.96. The molecule has 1 aromatic carbocycles. The summed E-state index contributed by atoms with van der Waals surface area (Å²) in [5.41, 5.74) is 9.03. The van der Waals surface area contributed by atoms with E-state index in [-0.39, 0.29) is 4.99 Å². The second-order valence-corrected chi connectivity index (χ2v) is 5.25. The van der Waals surface area contributed by atoms with Gasteiger partial charge in [-0.3, -0.25) is 0 Å². The lowest BCUT2D eigenvalue weighted by Gasteiger charge is -2.12. The van der Waals surface area contributed by atoms with Crippen molar-refractivity contribution in [2.45, 2.75) is 20.5 Å². The van der Waals surface area contributed by atoms with Crippen LogP contribution in [-0.2, 0) is 6.61 Å². The summed E-state index contributed by atoms with van der Waals surface area (Å²) in [6, 6.07) is 7.39. The minimum atomic E-state index is 0.256. The van der Waals surface area contributed by atoms with Crippen molar-refractivity contribution >= 4 is 28.8 Å². The molecular weight excluding hydrogens is 294 g/mol. The third-order valence-corrected chi connectivity index (χ3v) is 3.41. The van der Waals surface area contributed by atoms with Crippen LogP contribution in [0.25, 0.3) is 0 Å². The Morgan fingerprint density at radius 2 is 1.90 bits per heavy atom. The van der Waals surface area contributed by atoms with Crippen LogP contribution in [0.4, 0.5) is 0 Å². The molecule has 2 rings (SSSR count). The molecule has 0 fully saturated rings. The maximum absolute atomic E-state index is 5.84. The Hall–Kier alpha value is -1.72. The molecule has 0 aliphatic carbocycles. The molecule has 0 saturated carbocycles. The Balaban J connectivity index is 2.23. The second-order valence-electron chi connectivity index (χ2n) is 4.37. The minimum absolute atomic E-state index is 0.256. The van der Waals surface area contributed by atoms with Gasteiger partial charge in [0.15, 0.2) is 0 Å². The fraction of sp³-hybridized carbons (Fsp3) is 0.214. The molecule has 0 atom stereocenters. The number of halogens is 1. The van der Waals surface area contributed by atoms with Crippen LogP contribution in [0, 0.1) is 13.8 Å². The van der Waals surface area contributed by atoms with Gasteiger partial charge in [0.2, 0.25) is 5.88 Å². The zero-order valence-corrected chi connectivity index (χ0v) is 12.8. The van der Waals surface area contributed by atoms with E-state index in [1.165, 1.54) is 0 Å². The highest BCUT2D eigenvalue weighted by Gasteiger charge is 2.14. The molecule has 0 bridgehead atoms. The molecule has 0 aliphatic heterocycles. The number of aromatic nitrogens is 2. The van der Waals surface area contributed by atoms with Gasteiger partial charge in [-0.1, -0.05) is 36.0 Å². The van der Waals surface area contributed by atoms with Crippen molar-refractivity contribution in [3.05, 3.63) is 51.7 Å². The number of nitrogens with zero attached hydrogens (tertiary/aromatic N) is 2. The van der Waals surface area contributed by atoms with Gasteiger partial charge in [0.05, 0.1) is 11.3 Å². The number of hydrogen-bond donors (Lipinski definition) is 1. The molecule has 2 aromatic rings. The Morgan fingerprint density at radius 3 is 2.50 bits per heavy atom. The first-order valence-corrected chi connectivity index (χ1v) is 6.78. The summed E-state index contributed by atoms with van der Waals surface area (Å²) >= 11 is 10.9. The third-order valence-electron chi connectivity index (χ3n) is 2.96. The number of thiocarbonyl (C=S) groups is 1. The van der Waals surface area contributed by atoms with Gasteiger partial charge in [-0.05, 0) is 37.1 Å². The Kier molecular flexibility index (Phi) is 4.52. The van der Waals surface area contributed by atoms with Crippen LogP contribution >= 0.6 is 23.8 Å². The summed E-state index contributed by atoms with van der Waals surface area (Å²) in [5, 5.41) is 8.75. The molecule has 0 amide bonds. The molecule has 4 nitrogen and oxygen atoms in total. The van der Waals surface area contributed by atoms with Crippen molar-refractivity contribution in [1.82, 2.24) is 10.2 Å². The Morgan fingerprint density at radius 1 is 1.25 bits per heavy atom. The molecule has 0 aliphatic rings. The SMILES string of the molecule is Cc1nnc(OCc2ccc(Cl)cc2)c(C(N)=S)c1C. The van der Waals surface area contributed by atoms with E-state index in [0.717, 1.165) is 16.8 Å². The molecule has 1 aromatic heterocycles. The van der Waals surface area contributed by atoms with Crippen molar-refractivity contribution in [2.24, 2.45) is 5.73 Å². The number of ether oxygens (including phenoxy) is 1. The van der Waals surface area contributed by atoms with Crippen molar-refractivity contribution in [3.63, 3.8) is 0 Å². The first-order chi connectivity index (χ1) is 9.49. The Bertz CT molecular complexity index is 644. The van der Waals surface area contributed by atoms with Crippen LogP contribution in [-0.4, -0.2) is 15.2 Å². The van der Waals surface area contributed by atoms with Crippen molar-refractivity contribution in [1.29, 1.82) is 0 Å². The average Bonchev–Trinajstić information content (AvgIpc) is 2.41. The van der Waals surface area contributed by atoms with E-state index in [0.29, 0.717) is 23.1 Å². The van der Waals surface area contributed by atoms with E-state index in [1.807, 2.05) is 26.0 Å². The molecular formula is C14H14ClN3OS. The number of rotatable bonds is 4. The highest BCUT2D eigenvalue weighted by molar-refractivity contribution is 7.80. The second kappa shape index (κ2) is 6.15.